The lowest BCUT2D eigenvalue weighted by Gasteiger charge is -2.09. The quantitative estimate of drug-likeness (QED) is 0.302. The van der Waals surface area contributed by atoms with E-state index >= 15 is 0 Å². The number of aromatic nitrogens is 1. The van der Waals surface area contributed by atoms with Crippen LogP contribution < -0.4 is 0 Å². The highest BCUT2D eigenvalue weighted by molar-refractivity contribution is 6.09. The van der Waals surface area contributed by atoms with Gasteiger partial charge in [0.1, 0.15) is 0 Å². The third-order valence-corrected chi connectivity index (χ3v) is 5.06. The van der Waals surface area contributed by atoms with Crippen molar-refractivity contribution in [2.75, 3.05) is 0 Å². The van der Waals surface area contributed by atoms with Crippen molar-refractivity contribution in [2.24, 2.45) is 0 Å². The van der Waals surface area contributed by atoms with Crippen molar-refractivity contribution < 1.29 is 0 Å². The molecule has 0 aliphatic rings. The summed E-state index contributed by atoms with van der Waals surface area (Å²) in [5.74, 6) is 0. The molecule has 0 bridgehead atoms. The number of hydrogen-bond donors (Lipinski definition) is 0. The maximum Gasteiger partial charge on any atom is 0.0541 e. The molecule has 0 aliphatic carbocycles. The first-order valence-electron chi connectivity index (χ1n) is 9.97. The van der Waals surface area contributed by atoms with E-state index in [1.165, 1.54) is 44.2 Å². The molecule has 5 rings (SSSR count). The molecular formula is C27H25N. The van der Waals surface area contributed by atoms with Gasteiger partial charge in [0.2, 0.25) is 0 Å². The molecule has 1 heterocycles. The van der Waals surface area contributed by atoms with E-state index in [0.717, 1.165) is 0 Å². The zero-order valence-electron chi connectivity index (χ0n) is 16.7. The minimum Gasteiger partial charge on any atom is -0.309 e. The van der Waals surface area contributed by atoms with Crippen molar-refractivity contribution in [1.82, 2.24) is 4.57 Å². The van der Waals surface area contributed by atoms with E-state index < -0.39 is 0 Å². The predicted molar refractivity (Wildman–Crippen MR) is 122 cm³/mol. The molecule has 0 amide bonds. The smallest absolute Gasteiger partial charge is 0.0541 e. The Kier molecular flexibility index (Phi) is 4.99. The molecule has 0 aliphatic heterocycles. The van der Waals surface area contributed by atoms with E-state index in [-0.39, 0.29) is 0 Å². The summed E-state index contributed by atoms with van der Waals surface area (Å²) in [6.07, 6.45) is 0. The van der Waals surface area contributed by atoms with Gasteiger partial charge in [-0.2, -0.15) is 0 Å². The van der Waals surface area contributed by atoms with E-state index in [1.807, 2.05) is 13.8 Å². The standard InChI is InChI=1S/C25H19N.C2H6/c1-18-11-16-25-23(17-18)22-9-5-6-10-24(22)26(25)21-14-12-20(13-15-21)19-7-3-2-4-8-19;1-2/h2-17H,1H3;1-2H3. The Morgan fingerprint density at radius 1 is 0.536 bits per heavy atom. The van der Waals surface area contributed by atoms with Crippen molar-refractivity contribution in [3.8, 4) is 16.8 Å². The summed E-state index contributed by atoms with van der Waals surface area (Å²) in [7, 11) is 0. The van der Waals surface area contributed by atoms with E-state index in [0.29, 0.717) is 0 Å². The average Bonchev–Trinajstić information content (AvgIpc) is 3.09. The highest BCUT2D eigenvalue weighted by atomic mass is 15.0. The van der Waals surface area contributed by atoms with Crippen molar-refractivity contribution in [1.29, 1.82) is 0 Å². The van der Waals surface area contributed by atoms with Gasteiger partial charge in [0.15, 0.2) is 0 Å². The number of para-hydroxylation sites is 1. The summed E-state index contributed by atoms with van der Waals surface area (Å²) >= 11 is 0. The summed E-state index contributed by atoms with van der Waals surface area (Å²) in [5, 5.41) is 2.62. The first-order valence-corrected chi connectivity index (χ1v) is 9.97. The van der Waals surface area contributed by atoms with Crippen LogP contribution in [0.3, 0.4) is 0 Å². The zero-order chi connectivity index (χ0) is 19.5. The number of benzene rings is 4. The molecule has 0 saturated carbocycles. The van der Waals surface area contributed by atoms with Crippen molar-refractivity contribution in [2.45, 2.75) is 20.8 Å². The lowest BCUT2D eigenvalue weighted by atomic mass is 10.1. The summed E-state index contributed by atoms with van der Waals surface area (Å²) in [6, 6.07) is 34.7. The fourth-order valence-corrected chi connectivity index (χ4v) is 3.80. The van der Waals surface area contributed by atoms with Crippen LogP contribution in [0.25, 0.3) is 38.6 Å². The largest absolute Gasteiger partial charge is 0.309 e. The molecule has 0 unspecified atom stereocenters. The highest BCUT2D eigenvalue weighted by Gasteiger charge is 2.11. The molecule has 0 radical (unpaired) electrons. The Hall–Kier alpha value is -3.32. The first-order chi connectivity index (χ1) is 13.8. The summed E-state index contributed by atoms with van der Waals surface area (Å²) in [4.78, 5) is 0. The predicted octanol–water partition coefficient (Wildman–Crippen LogP) is 7.79. The van der Waals surface area contributed by atoms with Crippen LogP contribution >= 0.6 is 0 Å². The molecule has 0 spiro atoms. The average molecular weight is 364 g/mol. The van der Waals surface area contributed by atoms with Gasteiger partial charge in [0.05, 0.1) is 11.0 Å². The van der Waals surface area contributed by atoms with E-state index in [2.05, 4.69) is 109 Å². The Morgan fingerprint density at radius 2 is 1.14 bits per heavy atom. The number of nitrogens with zero attached hydrogens (tertiary/aromatic N) is 1. The van der Waals surface area contributed by atoms with Crippen molar-refractivity contribution in [3.63, 3.8) is 0 Å². The molecule has 0 fully saturated rings. The van der Waals surface area contributed by atoms with Gasteiger partial charge >= 0.3 is 0 Å². The molecule has 1 heteroatoms. The Morgan fingerprint density at radius 3 is 1.89 bits per heavy atom. The number of rotatable bonds is 2. The number of fused-ring (bicyclic) bond motifs is 3. The molecule has 1 aromatic heterocycles. The van der Waals surface area contributed by atoms with Crippen molar-refractivity contribution in [3.05, 3.63) is 103 Å². The molecule has 5 aromatic rings. The first kappa shape index (κ1) is 18.1. The molecule has 0 saturated heterocycles. The minimum atomic E-state index is 1.19. The number of aryl methyl sites for hydroxylation is 1. The van der Waals surface area contributed by atoms with Crippen LogP contribution in [0, 0.1) is 6.92 Å². The summed E-state index contributed by atoms with van der Waals surface area (Å²) < 4.78 is 2.36. The van der Waals surface area contributed by atoms with Gasteiger partial charge in [-0.3, -0.25) is 0 Å². The van der Waals surface area contributed by atoms with Crippen molar-refractivity contribution >= 4 is 21.8 Å². The van der Waals surface area contributed by atoms with E-state index in [9.17, 15) is 0 Å². The second-order valence-corrected chi connectivity index (χ2v) is 6.79. The van der Waals surface area contributed by atoms with Crippen LogP contribution in [0.15, 0.2) is 97.1 Å². The zero-order valence-corrected chi connectivity index (χ0v) is 16.7. The lowest BCUT2D eigenvalue weighted by Crippen LogP contribution is -1.93. The Bertz CT molecular complexity index is 1210. The fraction of sp³-hybridized carbons (Fsp3) is 0.111. The lowest BCUT2D eigenvalue weighted by molar-refractivity contribution is 1.18. The summed E-state index contributed by atoms with van der Waals surface area (Å²) in [5.41, 5.74) is 7.48. The normalized spacial score (nSPS) is 10.7. The maximum absolute atomic E-state index is 2.36. The molecule has 4 aromatic carbocycles. The Balaban J connectivity index is 0.000000932. The molecule has 138 valence electrons. The van der Waals surface area contributed by atoms with Crippen LogP contribution in [0.2, 0.25) is 0 Å². The second kappa shape index (κ2) is 7.74. The molecule has 1 nitrogen and oxygen atoms in total. The minimum absolute atomic E-state index is 1.19. The van der Waals surface area contributed by atoms with Crippen LogP contribution in [0.4, 0.5) is 0 Å². The molecule has 0 N–H and O–H groups in total. The van der Waals surface area contributed by atoms with Crippen LogP contribution in [0.1, 0.15) is 19.4 Å². The van der Waals surface area contributed by atoms with Gasteiger partial charge in [0, 0.05) is 16.5 Å². The third kappa shape index (κ3) is 3.10. The van der Waals surface area contributed by atoms with Gasteiger partial charge in [-0.05, 0) is 48.4 Å². The summed E-state index contributed by atoms with van der Waals surface area (Å²) in [6.45, 7) is 6.15. The third-order valence-electron chi connectivity index (χ3n) is 5.06. The monoisotopic (exact) mass is 363 g/mol. The second-order valence-electron chi connectivity index (χ2n) is 6.79. The molecular weight excluding hydrogens is 338 g/mol. The van der Waals surface area contributed by atoms with Crippen LogP contribution in [-0.2, 0) is 0 Å². The topological polar surface area (TPSA) is 4.93 Å². The number of hydrogen-bond acceptors (Lipinski definition) is 0. The van der Waals surface area contributed by atoms with Gasteiger partial charge in [0.25, 0.3) is 0 Å². The SMILES string of the molecule is CC.Cc1ccc2c(c1)c1ccccc1n2-c1ccc(-c2ccccc2)cc1. The fourth-order valence-electron chi connectivity index (χ4n) is 3.80. The molecule has 0 atom stereocenters. The highest BCUT2D eigenvalue weighted by Crippen LogP contribution is 2.33. The van der Waals surface area contributed by atoms with E-state index in [1.54, 1.807) is 0 Å². The van der Waals surface area contributed by atoms with Crippen LogP contribution in [-0.4, -0.2) is 4.57 Å². The van der Waals surface area contributed by atoms with E-state index in [4.69, 9.17) is 0 Å². The van der Waals surface area contributed by atoms with Gasteiger partial charge in [-0.1, -0.05) is 86.1 Å². The Labute approximate surface area is 166 Å². The van der Waals surface area contributed by atoms with Gasteiger partial charge in [-0.25, -0.2) is 0 Å². The van der Waals surface area contributed by atoms with Gasteiger partial charge < -0.3 is 4.57 Å². The van der Waals surface area contributed by atoms with Crippen LogP contribution in [0.5, 0.6) is 0 Å². The maximum atomic E-state index is 2.36. The van der Waals surface area contributed by atoms with Gasteiger partial charge in [-0.15, -0.1) is 0 Å². The molecule has 28 heavy (non-hydrogen) atoms.